The van der Waals surface area contributed by atoms with E-state index in [2.05, 4.69) is 0 Å². The molecule has 0 bridgehead atoms. The van der Waals surface area contributed by atoms with Gasteiger partial charge in [-0.15, -0.1) is 0 Å². The molecule has 6 nitrogen and oxygen atoms in total. The number of benzene rings is 1. The van der Waals surface area contributed by atoms with E-state index in [1.807, 2.05) is 30.3 Å². The van der Waals surface area contributed by atoms with E-state index in [1.165, 1.54) is 4.90 Å². The zero-order valence-electron chi connectivity index (χ0n) is 12.0. The molecule has 1 saturated heterocycles. The Labute approximate surface area is 124 Å². The largest absolute Gasteiger partial charge is 0.464 e. The van der Waals surface area contributed by atoms with Crippen molar-refractivity contribution in [3.8, 4) is 0 Å². The summed E-state index contributed by atoms with van der Waals surface area (Å²) >= 11 is 0. The first-order valence-electron chi connectivity index (χ1n) is 7.06. The molecule has 0 aromatic heterocycles. The fourth-order valence-corrected chi connectivity index (χ4v) is 2.38. The number of ether oxygens (including phenoxy) is 1. The summed E-state index contributed by atoms with van der Waals surface area (Å²) in [6.45, 7) is 1.08. The molecular formula is C15H21N3O3. The van der Waals surface area contributed by atoms with Crippen LogP contribution in [0, 0.1) is 0 Å². The number of amides is 2. The van der Waals surface area contributed by atoms with Gasteiger partial charge >= 0.3 is 12.0 Å². The Morgan fingerprint density at radius 3 is 2.38 bits per heavy atom. The Morgan fingerprint density at radius 1 is 1.19 bits per heavy atom. The maximum Gasteiger partial charge on any atom is 0.326 e. The van der Waals surface area contributed by atoms with Crippen LogP contribution < -0.4 is 11.5 Å². The van der Waals surface area contributed by atoms with Crippen molar-refractivity contribution >= 4 is 12.0 Å². The zero-order chi connectivity index (χ0) is 15.3. The van der Waals surface area contributed by atoms with Gasteiger partial charge in [0.15, 0.2) is 0 Å². The maximum absolute atomic E-state index is 12.1. The topological polar surface area (TPSA) is 98.7 Å². The van der Waals surface area contributed by atoms with Crippen LogP contribution in [0.5, 0.6) is 0 Å². The SMILES string of the molecule is NC(=O)N1CCC(N)(C(=O)OCCc2ccccc2)CC1. The number of nitrogens with two attached hydrogens (primary N) is 2. The van der Waals surface area contributed by atoms with Crippen molar-refractivity contribution in [3.05, 3.63) is 35.9 Å². The number of hydrogen-bond donors (Lipinski definition) is 2. The predicted molar refractivity (Wildman–Crippen MR) is 78.4 cm³/mol. The molecule has 1 aliphatic heterocycles. The Balaban J connectivity index is 1.79. The highest BCUT2D eigenvalue weighted by molar-refractivity contribution is 5.81. The van der Waals surface area contributed by atoms with Gasteiger partial charge in [-0.3, -0.25) is 4.79 Å². The van der Waals surface area contributed by atoms with E-state index < -0.39 is 17.5 Å². The molecule has 1 fully saturated rings. The molecule has 2 rings (SSSR count). The third-order valence-electron chi connectivity index (χ3n) is 3.84. The van der Waals surface area contributed by atoms with Gasteiger partial charge in [0.25, 0.3) is 0 Å². The van der Waals surface area contributed by atoms with Gasteiger partial charge in [0.1, 0.15) is 5.54 Å². The molecule has 1 aliphatic rings. The first-order valence-corrected chi connectivity index (χ1v) is 7.06. The minimum atomic E-state index is -1.01. The van der Waals surface area contributed by atoms with Gasteiger partial charge < -0.3 is 21.1 Å². The summed E-state index contributed by atoms with van der Waals surface area (Å²) in [7, 11) is 0. The summed E-state index contributed by atoms with van der Waals surface area (Å²) < 4.78 is 5.29. The van der Waals surface area contributed by atoms with Crippen LogP contribution in [0.4, 0.5) is 4.79 Å². The van der Waals surface area contributed by atoms with Crippen molar-refractivity contribution in [2.45, 2.75) is 24.8 Å². The van der Waals surface area contributed by atoms with Crippen LogP contribution in [0.25, 0.3) is 0 Å². The highest BCUT2D eigenvalue weighted by atomic mass is 16.5. The molecule has 4 N–H and O–H groups in total. The number of nitrogens with zero attached hydrogens (tertiary/aromatic N) is 1. The van der Waals surface area contributed by atoms with Crippen LogP contribution >= 0.6 is 0 Å². The second-order valence-corrected chi connectivity index (χ2v) is 5.35. The number of carbonyl (C=O) groups is 2. The van der Waals surface area contributed by atoms with E-state index in [9.17, 15) is 9.59 Å². The van der Waals surface area contributed by atoms with Crippen LogP contribution in [0.2, 0.25) is 0 Å². The molecule has 2 amide bonds. The van der Waals surface area contributed by atoms with E-state index in [4.69, 9.17) is 16.2 Å². The molecule has 114 valence electrons. The lowest BCUT2D eigenvalue weighted by Gasteiger charge is -2.36. The van der Waals surface area contributed by atoms with Crippen molar-refractivity contribution in [1.82, 2.24) is 4.90 Å². The fraction of sp³-hybridized carbons (Fsp3) is 0.467. The van der Waals surface area contributed by atoms with Crippen molar-refractivity contribution in [3.63, 3.8) is 0 Å². The predicted octanol–water partition coefficient (Wildman–Crippen LogP) is 0.644. The first-order chi connectivity index (χ1) is 10.0. The summed E-state index contributed by atoms with van der Waals surface area (Å²) in [5.74, 6) is -0.400. The Bertz CT molecular complexity index is 496. The normalized spacial score (nSPS) is 17.3. The number of piperidine rings is 1. The fourth-order valence-electron chi connectivity index (χ4n) is 2.38. The van der Waals surface area contributed by atoms with Crippen LogP contribution in [0.15, 0.2) is 30.3 Å². The molecule has 0 spiro atoms. The number of urea groups is 1. The van der Waals surface area contributed by atoms with Gasteiger partial charge in [-0.05, 0) is 18.4 Å². The van der Waals surface area contributed by atoms with Crippen molar-refractivity contribution in [2.75, 3.05) is 19.7 Å². The standard InChI is InChI=1S/C15H21N3O3/c16-14(20)18-9-7-15(17,8-10-18)13(19)21-11-6-12-4-2-1-3-5-12/h1-5H,6-11,17H2,(H2,16,20). The van der Waals surface area contributed by atoms with Crippen LogP contribution in [-0.2, 0) is 16.0 Å². The maximum atomic E-state index is 12.1. The molecule has 0 saturated carbocycles. The molecule has 21 heavy (non-hydrogen) atoms. The summed E-state index contributed by atoms with van der Waals surface area (Å²) in [4.78, 5) is 24.6. The van der Waals surface area contributed by atoms with E-state index in [-0.39, 0.29) is 0 Å². The molecule has 0 unspecified atom stereocenters. The van der Waals surface area contributed by atoms with Gasteiger partial charge in [-0.1, -0.05) is 30.3 Å². The Hall–Kier alpha value is -2.08. The minimum Gasteiger partial charge on any atom is -0.464 e. The molecule has 6 heteroatoms. The molecule has 0 radical (unpaired) electrons. The summed E-state index contributed by atoms with van der Waals surface area (Å²) in [6.07, 6.45) is 1.41. The number of hydrogen-bond acceptors (Lipinski definition) is 4. The van der Waals surface area contributed by atoms with Crippen molar-refractivity contribution in [1.29, 1.82) is 0 Å². The van der Waals surface area contributed by atoms with Gasteiger partial charge in [0, 0.05) is 19.5 Å². The number of likely N-dealkylation sites (tertiary alicyclic amines) is 1. The number of carbonyl (C=O) groups excluding carboxylic acids is 2. The Kier molecular flexibility index (Phi) is 4.80. The lowest BCUT2D eigenvalue weighted by molar-refractivity contribution is -0.151. The summed E-state index contributed by atoms with van der Waals surface area (Å²) in [6, 6.07) is 9.32. The second-order valence-electron chi connectivity index (χ2n) is 5.35. The highest BCUT2D eigenvalue weighted by Crippen LogP contribution is 2.21. The monoisotopic (exact) mass is 291 g/mol. The molecule has 1 heterocycles. The average Bonchev–Trinajstić information content (AvgIpc) is 2.48. The van der Waals surface area contributed by atoms with Crippen molar-refractivity contribution < 1.29 is 14.3 Å². The average molecular weight is 291 g/mol. The number of esters is 1. The smallest absolute Gasteiger partial charge is 0.326 e. The van der Waals surface area contributed by atoms with Crippen molar-refractivity contribution in [2.24, 2.45) is 11.5 Å². The molecule has 0 atom stereocenters. The quantitative estimate of drug-likeness (QED) is 0.795. The third-order valence-corrected chi connectivity index (χ3v) is 3.84. The van der Waals surface area contributed by atoms with Gasteiger partial charge in [-0.2, -0.15) is 0 Å². The van der Waals surface area contributed by atoms with Gasteiger partial charge in [0.05, 0.1) is 6.61 Å². The third kappa shape index (κ3) is 3.95. The van der Waals surface area contributed by atoms with Crippen LogP contribution in [-0.4, -0.2) is 42.1 Å². The molecule has 0 aliphatic carbocycles. The highest BCUT2D eigenvalue weighted by Gasteiger charge is 2.39. The zero-order valence-corrected chi connectivity index (χ0v) is 12.0. The van der Waals surface area contributed by atoms with E-state index >= 15 is 0 Å². The van der Waals surface area contributed by atoms with Gasteiger partial charge in [-0.25, -0.2) is 4.79 Å². The van der Waals surface area contributed by atoms with Gasteiger partial charge in [0.2, 0.25) is 0 Å². The Morgan fingerprint density at radius 2 is 1.81 bits per heavy atom. The first kappa shape index (κ1) is 15.3. The van der Waals surface area contributed by atoms with Crippen LogP contribution in [0.1, 0.15) is 18.4 Å². The molecule has 1 aromatic carbocycles. The van der Waals surface area contributed by atoms with E-state index in [1.54, 1.807) is 0 Å². The van der Waals surface area contributed by atoms with Crippen LogP contribution in [0.3, 0.4) is 0 Å². The number of rotatable bonds is 4. The minimum absolute atomic E-state index is 0.307. The van der Waals surface area contributed by atoms with E-state index in [0.29, 0.717) is 39.0 Å². The van der Waals surface area contributed by atoms with E-state index in [0.717, 1.165) is 5.56 Å². The lowest BCUT2D eigenvalue weighted by atomic mass is 9.89. The molecule has 1 aromatic rings. The summed E-state index contributed by atoms with van der Waals surface area (Å²) in [5, 5.41) is 0. The molecular weight excluding hydrogens is 270 g/mol. The summed E-state index contributed by atoms with van der Waals surface area (Å²) in [5.41, 5.74) is 11.4. The number of primary amides is 1. The lowest BCUT2D eigenvalue weighted by Crippen LogP contribution is -2.57. The second kappa shape index (κ2) is 6.58.